The van der Waals surface area contributed by atoms with Gasteiger partial charge in [-0.2, -0.15) is 5.10 Å². The number of nitrogens with zero attached hydrogens (tertiary/aromatic N) is 1. The van der Waals surface area contributed by atoms with Gasteiger partial charge in [-0.25, -0.2) is 0 Å². The van der Waals surface area contributed by atoms with Crippen molar-refractivity contribution < 1.29 is 9.47 Å². The summed E-state index contributed by atoms with van der Waals surface area (Å²) in [5, 5.41) is 4.78. The Bertz CT molecular complexity index is 884. The van der Waals surface area contributed by atoms with Gasteiger partial charge in [0.1, 0.15) is 6.61 Å². The Balaban J connectivity index is 1.74. The van der Waals surface area contributed by atoms with Crippen LogP contribution in [0.4, 0.5) is 5.69 Å². The normalized spacial score (nSPS) is 10.7. The molecule has 0 bridgehead atoms. The molecule has 0 atom stereocenters. The molecule has 0 aliphatic carbocycles. The van der Waals surface area contributed by atoms with Crippen LogP contribution >= 0.6 is 11.6 Å². The van der Waals surface area contributed by atoms with Crippen LogP contribution in [-0.4, -0.2) is 12.8 Å². The smallest absolute Gasteiger partial charge is 0.163 e. The highest BCUT2D eigenvalue weighted by atomic mass is 35.5. The lowest BCUT2D eigenvalue weighted by atomic mass is 10.2. The monoisotopic (exact) mass is 380 g/mol. The number of hydrazone groups is 1. The summed E-state index contributed by atoms with van der Waals surface area (Å²) in [5.74, 6) is 1.25. The first-order valence-electron chi connectivity index (χ1n) is 8.73. The fraction of sp³-hybridized carbons (Fsp3) is 0.136. The average Bonchev–Trinajstić information content (AvgIpc) is 2.71. The molecule has 0 heterocycles. The van der Waals surface area contributed by atoms with Crippen LogP contribution in [0.15, 0.2) is 77.9 Å². The third kappa shape index (κ3) is 5.50. The summed E-state index contributed by atoms with van der Waals surface area (Å²) < 4.78 is 11.6. The quantitative estimate of drug-likeness (QED) is 0.399. The van der Waals surface area contributed by atoms with Gasteiger partial charge in [0.2, 0.25) is 0 Å². The summed E-state index contributed by atoms with van der Waals surface area (Å²) >= 11 is 6.41. The van der Waals surface area contributed by atoms with E-state index in [1.807, 2.05) is 73.7 Å². The molecule has 0 aromatic heterocycles. The van der Waals surface area contributed by atoms with Crippen molar-refractivity contribution in [2.24, 2.45) is 5.10 Å². The van der Waals surface area contributed by atoms with Crippen LogP contribution in [0.1, 0.15) is 18.1 Å². The molecule has 1 N–H and O–H groups in total. The van der Waals surface area contributed by atoms with Gasteiger partial charge in [0.15, 0.2) is 11.5 Å². The van der Waals surface area contributed by atoms with Crippen molar-refractivity contribution in [1.29, 1.82) is 0 Å². The number of halogens is 1. The van der Waals surface area contributed by atoms with Crippen molar-refractivity contribution in [1.82, 2.24) is 0 Å². The van der Waals surface area contributed by atoms with E-state index in [1.54, 1.807) is 12.3 Å². The summed E-state index contributed by atoms with van der Waals surface area (Å²) in [6.07, 6.45) is 1.67. The number of para-hydroxylation sites is 1. The molecule has 3 aromatic rings. The van der Waals surface area contributed by atoms with Crippen molar-refractivity contribution in [3.8, 4) is 11.5 Å². The Morgan fingerprint density at radius 2 is 1.59 bits per heavy atom. The van der Waals surface area contributed by atoms with Crippen molar-refractivity contribution in [3.63, 3.8) is 0 Å². The molecule has 0 unspecified atom stereocenters. The molecular formula is C22H21ClN2O2. The van der Waals surface area contributed by atoms with E-state index in [2.05, 4.69) is 10.5 Å². The maximum Gasteiger partial charge on any atom is 0.163 e. The largest absolute Gasteiger partial charge is 0.490 e. The second-order valence-corrected chi connectivity index (χ2v) is 6.17. The van der Waals surface area contributed by atoms with Gasteiger partial charge in [0.05, 0.1) is 23.5 Å². The summed E-state index contributed by atoms with van der Waals surface area (Å²) in [6.45, 7) is 2.91. The number of anilines is 1. The molecule has 5 heteroatoms. The Hall–Kier alpha value is -2.98. The number of hydrogen-bond acceptors (Lipinski definition) is 4. The van der Waals surface area contributed by atoms with E-state index in [4.69, 9.17) is 21.1 Å². The maximum absolute atomic E-state index is 6.41. The van der Waals surface area contributed by atoms with Gasteiger partial charge >= 0.3 is 0 Å². The van der Waals surface area contributed by atoms with E-state index in [9.17, 15) is 0 Å². The van der Waals surface area contributed by atoms with Crippen LogP contribution in [0.25, 0.3) is 0 Å². The van der Waals surface area contributed by atoms with Gasteiger partial charge in [-0.3, -0.25) is 5.43 Å². The first-order chi connectivity index (χ1) is 13.3. The lowest BCUT2D eigenvalue weighted by Crippen LogP contribution is -2.01. The zero-order valence-electron chi connectivity index (χ0n) is 15.1. The molecule has 4 nitrogen and oxygen atoms in total. The van der Waals surface area contributed by atoms with Crippen LogP contribution in [0, 0.1) is 0 Å². The topological polar surface area (TPSA) is 42.8 Å². The molecule has 0 fully saturated rings. The third-order valence-electron chi connectivity index (χ3n) is 3.77. The molecule has 0 aliphatic heterocycles. The van der Waals surface area contributed by atoms with E-state index < -0.39 is 0 Å². The zero-order chi connectivity index (χ0) is 18.9. The molecule has 3 rings (SSSR count). The van der Waals surface area contributed by atoms with Crippen LogP contribution < -0.4 is 14.9 Å². The molecule has 3 aromatic carbocycles. The molecule has 0 aliphatic rings. The summed E-state index contributed by atoms with van der Waals surface area (Å²) in [4.78, 5) is 0. The van der Waals surface area contributed by atoms with Gasteiger partial charge in [-0.1, -0.05) is 60.1 Å². The summed E-state index contributed by atoms with van der Waals surface area (Å²) in [6, 6.07) is 23.3. The minimum absolute atomic E-state index is 0.445. The minimum atomic E-state index is 0.445. The van der Waals surface area contributed by atoms with Gasteiger partial charge in [-0.15, -0.1) is 0 Å². The average molecular weight is 381 g/mol. The Kier molecular flexibility index (Phi) is 6.72. The number of hydrogen-bond donors (Lipinski definition) is 1. The highest BCUT2D eigenvalue weighted by Gasteiger charge is 2.10. The predicted octanol–water partition coefficient (Wildman–Crippen LogP) is 5.76. The molecule has 27 heavy (non-hydrogen) atoms. The fourth-order valence-corrected chi connectivity index (χ4v) is 2.66. The summed E-state index contributed by atoms with van der Waals surface area (Å²) in [5.41, 5.74) is 5.70. The Labute approximate surface area is 164 Å². The first kappa shape index (κ1) is 18.8. The molecular weight excluding hydrogens is 360 g/mol. The molecule has 138 valence electrons. The number of nitrogens with one attached hydrogen (secondary N) is 1. The van der Waals surface area contributed by atoms with E-state index in [1.165, 1.54) is 0 Å². The minimum Gasteiger partial charge on any atom is -0.490 e. The predicted molar refractivity (Wildman–Crippen MR) is 111 cm³/mol. The van der Waals surface area contributed by atoms with Crippen molar-refractivity contribution in [2.75, 3.05) is 12.0 Å². The van der Waals surface area contributed by atoms with Gasteiger partial charge in [0.25, 0.3) is 0 Å². The van der Waals surface area contributed by atoms with Gasteiger partial charge in [-0.05, 0) is 30.7 Å². The number of ether oxygens (including phenoxy) is 2. The third-order valence-corrected chi connectivity index (χ3v) is 4.10. The number of rotatable bonds is 8. The van der Waals surface area contributed by atoms with Crippen LogP contribution in [0.2, 0.25) is 5.02 Å². The van der Waals surface area contributed by atoms with Crippen LogP contribution in [0.3, 0.4) is 0 Å². The van der Waals surface area contributed by atoms with E-state index >= 15 is 0 Å². The van der Waals surface area contributed by atoms with Crippen molar-refractivity contribution in [2.45, 2.75) is 13.5 Å². The second-order valence-electron chi connectivity index (χ2n) is 5.76. The molecule has 0 spiro atoms. The van der Waals surface area contributed by atoms with Crippen LogP contribution in [0.5, 0.6) is 11.5 Å². The van der Waals surface area contributed by atoms with Gasteiger partial charge in [0, 0.05) is 11.6 Å². The Morgan fingerprint density at radius 1 is 0.926 bits per heavy atom. The zero-order valence-corrected chi connectivity index (χ0v) is 15.8. The lowest BCUT2D eigenvalue weighted by molar-refractivity contribution is 0.269. The van der Waals surface area contributed by atoms with E-state index in [0.29, 0.717) is 29.7 Å². The van der Waals surface area contributed by atoms with Crippen LogP contribution in [-0.2, 0) is 6.61 Å². The fourth-order valence-electron chi connectivity index (χ4n) is 2.46. The van der Waals surface area contributed by atoms with E-state index in [0.717, 1.165) is 16.8 Å². The molecule has 0 amide bonds. The lowest BCUT2D eigenvalue weighted by Gasteiger charge is -2.14. The Morgan fingerprint density at radius 3 is 2.30 bits per heavy atom. The van der Waals surface area contributed by atoms with E-state index in [-0.39, 0.29) is 0 Å². The molecule has 0 saturated carbocycles. The summed E-state index contributed by atoms with van der Waals surface area (Å²) in [7, 11) is 0. The maximum atomic E-state index is 6.41. The first-order valence-corrected chi connectivity index (χ1v) is 9.11. The second kappa shape index (κ2) is 9.64. The molecule has 0 saturated heterocycles. The van der Waals surface area contributed by atoms with Crippen molar-refractivity contribution >= 4 is 23.5 Å². The molecule has 0 radical (unpaired) electrons. The highest BCUT2D eigenvalue weighted by Crippen LogP contribution is 2.33. The standard InChI is InChI=1S/C22H21ClN2O2/c1-2-26-21-13-18(15-24-25-19-11-7-4-8-12-19)20(23)14-22(21)27-16-17-9-5-3-6-10-17/h3-15,25H,2,16H2,1H3. The SMILES string of the molecule is CCOc1cc(C=NNc2ccccc2)c(Cl)cc1OCc1ccccc1. The number of benzene rings is 3. The van der Waals surface area contributed by atoms with Gasteiger partial charge < -0.3 is 9.47 Å². The highest BCUT2D eigenvalue weighted by molar-refractivity contribution is 6.33. The van der Waals surface area contributed by atoms with Crippen molar-refractivity contribution in [3.05, 3.63) is 88.9 Å².